The van der Waals surface area contributed by atoms with Gasteiger partial charge in [0.2, 0.25) is 5.91 Å². The van der Waals surface area contributed by atoms with Crippen LogP contribution in [0.2, 0.25) is 0 Å². The maximum absolute atomic E-state index is 12.1. The Labute approximate surface area is 109 Å². The molecule has 1 unspecified atom stereocenters. The van der Waals surface area contributed by atoms with Crippen molar-refractivity contribution in [3.05, 3.63) is 21.9 Å². The average Bonchev–Trinajstić information content (AvgIpc) is 2.83. The van der Waals surface area contributed by atoms with Crippen LogP contribution in [-0.4, -0.2) is 34.5 Å². The topological polar surface area (TPSA) is 83.6 Å². The summed E-state index contributed by atoms with van der Waals surface area (Å²) in [6, 6.07) is 0.285. The number of nitrogens with zero attached hydrogens (tertiary/aromatic N) is 1. The number of carboxylic acid groups (broad SMARTS) is 1. The largest absolute Gasteiger partial charge is 0.479 e. The van der Waals surface area contributed by atoms with Gasteiger partial charge >= 0.3 is 5.97 Å². The molecule has 2 rings (SSSR count). The molecule has 0 saturated carbocycles. The third-order valence-corrected chi connectivity index (χ3v) is 4.24. The summed E-state index contributed by atoms with van der Waals surface area (Å²) in [5.41, 5.74) is 6.46. The molecule has 0 aromatic carbocycles. The summed E-state index contributed by atoms with van der Waals surface area (Å²) in [6.45, 7) is 2.25. The molecule has 18 heavy (non-hydrogen) atoms. The maximum atomic E-state index is 12.1. The highest BCUT2D eigenvalue weighted by Gasteiger charge is 2.37. The van der Waals surface area contributed by atoms with E-state index in [0.29, 0.717) is 19.4 Å². The number of fused-ring (bicyclic) bond motifs is 1. The Morgan fingerprint density at radius 3 is 3.00 bits per heavy atom. The normalized spacial score (nSPS) is 20.3. The molecule has 2 atom stereocenters. The van der Waals surface area contributed by atoms with Gasteiger partial charge in [0.25, 0.3) is 0 Å². The molecule has 1 aromatic rings. The molecule has 0 spiro atoms. The fourth-order valence-corrected chi connectivity index (χ4v) is 3.11. The van der Waals surface area contributed by atoms with Crippen molar-refractivity contribution in [1.82, 2.24) is 4.90 Å². The second-order valence-corrected chi connectivity index (χ2v) is 5.34. The maximum Gasteiger partial charge on any atom is 0.331 e. The van der Waals surface area contributed by atoms with E-state index in [0.717, 1.165) is 10.4 Å². The van der Waals surface area contributed by atoms with Crippen LogP contribution in [0, 0.1) is 0 Å². The molecule has 0 aliphatic carbocycles. The third-order valence-electron chi connectivity index (χ3n) is 3.24. The second kappa shape index (κ2) is 5.07. The Bertz CT molecular complexity index is 472. The lowest BCUT2D eigenvalue weighted by Crippen LogP contribution is -2.49. The summed E-state index contributed by atoms with van der Waals surface area (Å²) in [5, 5.41) is 11.2. The van der Waals surface area contributed by atoms with Gasteiger partial charge in [-0.3, -0.25) is 4.79 Å². The lowest BCUT2D eigenvalue weighted by atomic mass is 9.99. The molecule has 0 bridgehead atoms. The first kappa shape index (κ1) is 13.0. The van der Waals surface area contributed by atoms with Crippen LogP contribution in [0.3, 0.4) is 0 Å². The predicted octanol–water partition coefficient (Wildman–Crippen LogP) is 0.996. The van der Waals surface area contributed by atoms with Gasteiger partial charge < -0.3 is 15.7 Å². The van der Waals surface area contributed by atoms with E-state index < -0.39 is 18.1 Å². The summed E-state index contributed by atoms with van der Waals surface area (Å²) < 4.78 is 0. The van der Waals surface area contributed by atoms with Crippen molar-refractivity contribution in [2.24, 2.45) is 5.73 Å². The van der Waals surface area contributed by atoms with Gasteiger partial charge in [0, 0.05) is 11.4 Å². The van der Waals surface area contributed by atoms with Crippen molar-refractivity contribution in [3.8, 4) is 0 Å². The highest BCUT2D eigenvalue weighted by Crippen LogP contribution is 2.33. The molecule has 0 saturated heterocycles. The van der Waals surface area contributed by atoms with E-state index in [1.54, 1.807) is 17.4 Å². The summed E-state index contributed by atoms with van der Waals surface area (Å²) in [7, 11) is 0. The van der Waals surface area contributed by atoms with Gasteiger partial charge in [0.15, 0.2) is 6.04 Å². The zero-order valence-corrected chi connectivity index (χ0v) is 10.9. The highest BCUT2D eigenvalue weighted by atomic mass is 32.1. The number of nitrogens with two attached hydrogens (primary N) is 1. The van der Waals surface area contributed by atoms with Crippen molar-refractivity contribution < 1.29 is 14.7 Å². The zero-order valence-electron chi connectivity index (χ0n) is 10.1. The van der Waals surface area contributed by atoms with Gasteiger partial charge in [-0.25, -0.2) is 4.79 Å². The predicted molar refractivity (Wildman–Crippen MR) is 68.4 cm³/mol. The Kier molecular flexibility index (Phi) is 3.68. The van der Waals surface area contributed by atoms with Crippen LogP contribution < -0.4 is 5.73 Å². The Hall–Kier alpha value is -1.40. The van der Waals surface area contributed by atoms with Crippen LogP contribution in [0.15, 0.2) is 11.4 Å². The number of carbonyl (C=O) groups excluding carboxylic acids is 1. The minimum Gasteiger partial charge on any atom is -0.479 e. The summed E-state index contributed by atoms with van der Waals surface area (Å²) in [4.78, 5) is 26.0. The van der Waals surface area contributed by atoms with Gasteiger partial charge in [0.1, 0.15) is 0 Å². The number of carboxylic acids is 1. The lowest BCUT2D eigenvalue weighted by Gasteiger charge is -2.34. The van der Waals surface area contributed by atoms with E-state index in [1.165, 1.54) is 4.90 Å². The van der Waals surface area contributed by atoms with Crippen LogP contribution in [0.4, 0.5) is 0 Å². The number of amides is 1. The first-order chi connectivity index (χ1) is 8.56. The molecule has 0 radical (unpaired) electrons. The second-order valence-electron chi connectivity index (χ2n) is 4.34. The first-order valence-corrected chi connectivity index (χ1v) is 6.79. The van der Waals surface area contributed by atoms with Gasteiger partial charge in [-0.2, -0.15) is 0 Å². The van der Waals surface area contributed by atoms with E-state index in [1.807, 2.05) is 12.3 Å². The monoisotopic (exact) mass is 268 g/mol. The molecule has 6 heteroatoms. The number of carbonyl (C=O) groups is 2. The molecular weight excluding hydrogens is 252 g/mol. The van der Waals surface area contributed by atoms with Crippen molar-refractivity contribution in [2.75, 3.05) is 6.54 Å². The fraction of sp³-hybridized carbons (Fsp3) is 0.500. The first-order valence-electron chi connectivity index (χ1n) is 5.91. The zero-order chi connectivity index (χ0) is 13.3. The standard InChI is InChI=1S/C12H16N2O3S/c1-2-8(13)11(15)14-5-3-9-7(4-6-18-9)10(14)12(16)17/h4,6,8,10H,2-3,5,13H2,1H3,(H,16,17)/t8-,10?/m0/s1. The number of aliphatic carboxylic acids is 1. The SMILES string of the molecule is CC[C@H](N)C(=O)N1CCc2sccc2C1C(=O)O. The van der Waals surface area contributed by atoms with E-state index >= 15 is 0 Å². The summed E-state index contributed by atoms with van der Waals surface area (Å²) in [6.07, 6.45) is 1.22. The number of hydrogen-bond donors (Lipinski definition) is 2. The molecular formula is C12H16N2O3S. The molecule has 1 aliphatic heterocycles. The van der Waals surface area contributed by atoms with Gasteiger partial charge in [-0.1, -0.05) is 6.92 Å². The van der Waals surface area contributed by atoms with Gasteiger partial charge in [-0.15, -0.1) is 11.3 Å². The van der Waals surface area contributed by atoms with Crippen LogP contribution in [0.25, 0.3) is 0 Å². The number of thiophene rings is 1. The number of rotatable bonds is 3. The van der Waals surface area contributed by atoms with Gasteiger partial charge in [0.05, 0.1) is 6.04 Å². The number of hydrogen-bond acceptors (Lipinski definition) is 4. The summed E-state index contributed by atoms with van der Waals surface area (Å²) in [5.74, 6) is -1.27. The van der Waals surface area contributed by atoms with E-state index in [9.17, 15) is 14.7 Å². The molecule has 98 valence electrons. The fourth-order valence-electron chi connectivity index (χ4n) is 2.21. The minimum atomic E-state index is -0.994. The van der Waals surface area contributed by atoms with Crippen LogP contribution in [0.5, 0.6) is 0 Å². The van der Waals surface area contributed by atoms with Gasteiger partial charge in [-0.05, 0) is 29.9 Å². The minimum absolute atomic E-state index is 0.276. The van der Waals surface area contributed by atoms with Crippen LogP contribution >= 0.6 is 11.3 Å². The average molecular weight is 268 g/mol. The smallest absolute Gasteiger partial charge is 0.331 e. The Morgan fingerprint density at radius 2 is 2.39 bits per heavy atom. The van der Waals surface area contributed by atoms with Crippen molar-refractivity contribution >= 4 is 23.2 Å². The Morgan fingerprint density at radius 1 is 1.67 bits per heavy atom. The van der Waals surface area contributed by atoms with Crippen LogP contribution in [0.1, 0.15) is 29.8 Å². The van der Waals surface area contributed by atoms with Crippen molar-refractivity contribution in [1.29, 1.82) is 0 Å². The molecule has 5 nitrogen and oxygen atoms in total. The van der Waals surface area contributed by atoms with E-state index in [-0.39, 0.29) is 5.91 Å². The molecule has 1 aromatic heterocycles. The summed E-state index contributed by atoms with van der Waals surface area (Å²) >= 11 is 1.54. The molecule has 1 amide bonds. The molecule has 3 N–H and O–H groups in total. The van der Waals surface area contributed by atoms with E-state index in [4.69, 9.17) is 5.73 Å². The van der Waals surface area contributed by atoms with Crippen LogP contribution in [-0.2, 0) is 16.0 Å². The molecule has 1 aliphatic rings. The van der Waals surface area contributed by atoms with Crippen molar-refractivity contribution in [2.45, 2.75) is 31.8 Å². The highest BCUT2D eigenvalue weighted by molar-refractivity contribution is 7.10. The molecule has 2 heterocycles. The lowest BCUT2D eigenvalue weighted by molar-refractivity contribution is -0.151. The Balaban J connectivity index is 2.33. The van der Waals surface area contributed by atoms with E-state index in [2.05, 4.69) is 0 Å². The molecule has 0 fully saturated rings. The van der Waals surface area contributed by atoms with Crippen molar-refractivity contribution in [3.63, 3.8) is 0 Å². The third kappa shape index (κ3) is 2.13. The quantitative estimate of drug-likeness (QED) is 0.856.